The van der Waals surface area contributed by atoms with E-state index in [0.29, 0.717) is 19.4 Å². The summed E-state index contributed by atoms with van der Waals surface area (Å²) in [6.07, 6.45) is 12.8. The molecule has 1 aromatic carbocycles. The molecule has 1 unspecified atom stereocenters. The number of methoxy groups -OCH3 is 1. The smallest absolute Gasteiger partial charge is 0.315 e. The normalized spacial score (nSPS) is 19.8. The number of likely N-dealkylation sites (tertiary alicyclic amines) is 1. The van der Waals surface area contributed by atoms with Gasteiger partial charge in [0.15, 0.2) is 0 Å². The molecule has 11 nitrogen and oxygen atoms in total. The van der Waals surface area contributed by atoms with Crippen molar-refractivity contribution in [2.24, 2.45) is 16.7 Å². The van der Waals surface area contributed by atoms with Crippen LogP contribution in [0.15, 0.2) is 36.9 Å². The summed E-state index contributed by atoms with van der Waals surface area (Å²) in [5, 5.41) is 11.5. The monoisotopic (exact) mass is 705 g/mol. The second kappa shape index (κ2) is 17.7. The number of nitrogens with one attached hydrogen (secondary N) is 4. The number of carbonyl (C=O) groups is 5. The minimum Gasteiger partial charge on any atom is -0.497 e. The molecule has 1 aliphatic heterocycles. The second-order valence-electron chi connectivity index (χ2n) is 16.2. The summed E-state index contributed by atoms with van der Waals surface area (Å²) in [5.41, 5.74) is -0.398. The fourth-order valence-corrected chi connectivity index (χ4v) is 7.10. The lowest BCUT2D eigenvalue weighted by Crippen LogP contribution is -2.62. The number of Topliss-reactive ketones (excluding diaryl/α,β-unsaturated/α-hetero) is 1. The summed E-state index contributed by atoms with van der Waals surface area (Å²) < 4.78 is 5.44. The Morgan fingerprint density at radius 2 is 1.76 bits per heavy atom. The molecule has 51 heavy (non-hydrogen) atoms. The van der Waals surface area contributed by atoms with E-state index in [-0.39, 0.29) is 36.6 Å². The van der Waals surface area contributed by atoms with E-state index in [2.05, 4.69) is 54.5 Å². The van der Waals surface area contributed by atoms with Gasteiger partial charge in [0.25, 0.3) is 5.91 Å². The third-order valence-corrected chi connectivity index (χ3v) is 10.2. The first kappa shape index (κ1) is 41.1. The number of benzene rings is 1. The number of rotatable bonds is 14. The molecule has 5 amide bonds. The SMILES string of the molecule is C#CCCC(NC(=O)[C@@H]1C[C@@H](C(C)(C)C)CN1C(=O)[C@@H](NC(=O)NC1(Cc2cccc(OC)c2)CCCCC1)C(C)(C)C)C(=O)C(=O)NCC=C. The minimum absolute atomic E-state index is 0.0456. The van der Waals surface area contributed by atoms with E-state index in [0.717, 1.165) is 43.4 Å². The quantitative estimate of drug-likeness (QED) is 0.126. The van der Waals surface area contributed by atoms with Gasteiger partial charge < -0.3 is 30.9 Å². The molecule has 2 fully saturated rings. The average molecular weight is 706 g/mol. The molecule has 2 aliphatic rings. The highest BCUT2D eigenvalue weighted by molar-refractivity contribution is 6.38. The van der Waals surface area contributed by atoms with E-state index in [1.54, 1.807) is 7.11 Å². The van der Waals surface area contributed by atoms with Crippen molar-refractivity contribution in [2.45, 2.75) is 123 Å². The van der Waals surface area contributed by atoms with Gasteiger partial charge in [0.05, 0.1) is 13.2 Å². The highest BCUT2D eigenvalue weighted by Crippen LogP contribution is 2.38. The predicted octanol–water partition coefficient (Wildman–Crippen LogP) is 4.69. The molecule has 0 spiro atoms. The number of amides is 5. The van der Waals surface area contributed by atoms with E-state index in [1.807, 2.05) is 45.0 Å². The van der Waals surface area contributed by atoms with Crippen LogP contribution in [0.4, 0.5) is 4.79 Å². The molecule has 1 aliphatic carbocycles. The number of terminal acetylenes is 1. The Balaban J connectivity index is 1.87. The van der Waals surface area contributed by atoms with Crippen LogP contribution in [0.5, 0.6) is 5.75 Å². The summed E-state index contributed by atoms with van der Waals surface area (Å²) in [6.45, 7) is 15.7. The van der Waals surface area contributed by atoms with Gasteiger partial charge in [0, 0.05) is 25.0 Å². The molecule has 4 N–H and O–H groups in total. The van der Waals surface area contributed by atoms with E-state index in [9.17, 15) is 24.0 Å². The van der Waals surface area contributed by atoms with Crippen molar-refractivity contribution in [1.29, 1.82) is 0 Å². The van der Waals surface area contributed by atoms with Gasteiger partial charge >= 0.3 is 6.03 Å². The lowest BCUT2D eigenvalue weighted by Gasteiger charge is -2.40. The molecule has 280 valence electrons. The molecule has 1 saturated carbocycles. The summed E-state index contributed by atoms with van der Waals surface area (Å²) in [4.78, 5) is 69.6. The molecule has 0 radical (unpaired) electrons. The highest BCUT2D eigenvalue weighted by Gasteiger charge is 2.48. The van der Waals surface area contributed by atoms with Gasteiger partial charge in [-0.2, -0.15) is 0 Å². The zero-order chi connectivity index (χ0) is 38.0. The first-order chi connectivity index (χ1) is 23.9. The van der Waals surface area contributed by atoms with Crippen molar-refractivity contribution in [1.82, 2.24) is 26.2 Å². The van der Waals surface area contributed by atoms with E-state index in [4.69, 9.17) is 11.2 Å². The van der Waals surface area contributed by atoms with Crippen molar-refractivity contribution < 1.29 is 28.7 Å². The van der Waals surface area contributed by atoms with Crippen molar-refractivity contribution in [3.05, 3.63) is 42.5 Å². The Bertz CT molecular complexity index is 1460. The average Bonchev–Trinajstić information content (AvgIpc) is 3.54. The van der Waals surface area contributed by atoms with Gasteiger partial charge in [0.2, 0.25) is 17.6 Å². The second-order valence-corrected chi connectivity index (χ2v) is 16.2. The Morgan fingerprint density at radius 1 is 1.08 bits per heavy atom. The van der Waals surface area contributed by atoms with Crippen molar-refractivity contribution in [3.8, 4) is 18.1 Å². The van der Waals surface area contributed by atoms with Crippen molar-refractivity contribution >= 4 is 29.5 Å². The van der Waals surface area contributed by atoms with Crippen LogP contribution in [0.3, 0.4) is 0 Å². The maximum absolute atomic E-state index is 14.6. The summed E-state index contributed by atoms with van der Waals surface area (Å²) in [5.74, 6) is 0.571. The molecule has 4 atom stereocenters. The molecule has 0 aromatic heterocycles. The zero-order valence-corrected chi connectivity index (χ0v) is 31.7. The van der Waals surface area contributed by atoms with Crippen LogP contribution in [-0.4, -0.2) is 78.3 Å². The van der Waals surface area contributed by atoms with Crippen LogP contribution < -0.4 is 26.0 Å². The van der Waals surface area contributed by atoms with E-state index in [1.165, 1.54) is 11.0 Å². The van der Waals surface area contributed by atoms with Gasteiger partial charge in [-0.1, -0.05) is 79.0 Å². The molecule has 1 aromatic rings. The number of carbonyl (C=O) groups excluding carboxylic acids is 5. The molecular weight excluding hydrogens is 646 g/mol. The predicted molar refractivity (Wildman–Crippen MR) is 199 cm³/mol. The maximum atomic E-state index is 14.6. The Labute approximate surface area is 304 Å². The molecule has 0 bridgehead atoms. The van der Waals surface area contributed by atoms with Gasteiger partial charge in [-0.25, -0.2) is 4.79 Å². The number of ketones is 1. The molecular formula is C40H59N5O6. The Morgan fingerprint density at radius 3 is 2.35 bits per heavy atom. The van der Waals surface area contributed by atoms with Crippen LogP contribution in [0.25, 0.3) is 0 Å². The number of urea groups is 1. The Kier molecular flexibility index (Phi) is 14.3. The first-order valence-corrected chi connectivity index (χ1v) is 18.1. The minimum atomic E-state index is -1.16. The largest absolute Gasteiger partial charge is 0.497 e. The lowest BCUT2D eigenvalue weighted by molar-refractivity contribution is -0.143. The number of ether oxygens (including phenoxy) is 1. The fourth-order valence-electron chi connectivity index (χ4n) is 7.10. The number of hydrogen-bond acceptors (Lipinski definition) is 6. The van der Waals surface area contributed by atoms with Gasteiger partial charge in [-0.15, -0.1) is 18.9 Å². The van der Waals surface area contributed by atoms with Crippen LogP contribution >= 0.6 is 0 Å². The zero-order valence-electron chi connectivity index (χ0n) is 31.7. The summed E-state index contributed by atoms with van der Waals surface area (Å²) in [7, 11) is 1.63. The maximum Gasteiger partial charge on any atom is 0.315 e. The van der Waals surface area contributed by atoms with Crippen molar-refractivity contribution in [2.75, 3.05) is 20.2 Å². The van der Waals surface area contributed by atoms with Gasteiger partial charge in [-0.05, 0) is 66.5 Å². The lowest BCUT2D eigenvalue weighted by atomic mass is 9.77. The fraction of sp³-hybridized carbons (Fsp3) is 0.625. The van der Waals surface area contributed by atoms with Crippen LogP contribution in [0, 0.1) is 29.1 Å². The molecule has 3 rings (SSSR count). The Hall–Kier alpha value is -4.33. The summed E-state index contributed by atoms with van der Waals surface area (Å²) >= 11 is 0. The van der Waals surface area contributed by atoms with Crippen LogP contribution in [0.2, 0.25) is 0 Å². The number of hydrogen-bond donors (Lipinski definition) is 4. The van der Waals surface area contributed by atoms with E-state index >= 15 is 0 Å². The summed E-state index contributed by atoms with van der Waals surface area (Å²) in [6, 6.07) is 4.36. The third kappa shape index (κ3) is 11.3. The number of nitrogens with zero attached hydrogens (tertiary/aromatic N) is 1. The molecule has 1 saturated heterocycles. The standard InChI is InChI=1S/C40H59N5O6/c1-10-12-19-30(32(46)35(48)41-22-11-2)42-34(47)31-24-28(38(3,4)5)26-45(31)36(49)33(39(6,7)8)43-37(50)44-40(20-14-13-15-21-40)25-27-17-16-18-29(23-27)51-9/h1,11,16-18,23,28,30-31,33H,2,12-15,19-22,24-26H2,3-9H3,(H,41,48)(H,42,47)(H2,43,44,50)/t28-,30?,31+,33-/m1/s1. The third-order valence-electron chi connectivity index (χ3n) is 10.2. The first-order valence-electron chi connectivity index (χ1n) is 18.1. The van der Waals surface area contributed by atoms with Crippen molar-refractivity contribution in [3.63, 3.8) is 0 Å². The molecule has 1 heterocycles. The molecule has 11 heteroatoms. The highest BCUT2D eigenvalue weighted by atomic mass is 16.5. The van der Waals surface area contributed by atoms with Crippen LogP contribution in [-0.2, 0) is 25.6 Å². The topological polar surface area (TPSA) is 146 Å². The van der Waals surface area contributed by atoms with Gasteiger partial charge in [0.1, 0.15) is 17.8 Å². The van der Waals surface area contributed by atoms with Crippen LogP contribution in [0.1, 0.15) is 98.5 Å². The van der Waals surface area contributed by atoms with E-state index < -0.39 is 52.7 Å². The van der Waals surface area contributed by atoms with Gasteiger partial charge in [-0.3, -0.25) is 19.2 Å².